The molecule has 13 heteroatoms. The molecular weight excluding hydrogens is 468 g/mol. The Hall–Kier alpha value is -3.32. The first-order valence-corrected chi connectivity index (χ1v) is 9.84. The first kappa shape index (κ1) is 26.9. The van der Waals surface area contributed by atoms with Crippen molar-refractivity contribution in [2.75, 3.05) is 19.4 Å². The van der Waals surface area contributed by atoms with Crippen molar-refractivity contribution >= 4 is 17.4 Å². The van der Waals surface area contributed by atoms with E-state index >= 15 is 0 Å². The average molecular weight is 491 g/mol. The monoisotopic (exact) mass is 491 g/mol. The van der Waals surface area contributed by atoms with E-state index in [-0.39, 0.29) is 23.4 Å². The summed E-state index contributed by atoms with van der Waals surface area (Å²) in [5.41, 5.74) is -2.36. The highest BCUT2D eigenvalue weighted by molar-refractivity contribution is 6.00. The lowest BCUT2D eigenvalue weighted by Gasteiger charge is -2.25. The number of nitrogens with one attached hydrogen (secondary N) is 1. The van der Waals surface area contributed by atoms with E-state index in [1.54, 1.807) is 6.92 Å². The summed E-state index contributed by atoms with van der Waals surface area (Å²) in [5, 5.41) is 7.94. The van der Waals surface area contributed by atoms with Crippen LogP contribution in [0.15, 0.2) is 47.6 Å². The molecule has 0 aliphatic carbocycles. The van der Waals surface area contributed by atoms with Crippen LogP contribution < -0.4 is 11.2 Å². The Labute approximate surface area is 191 Å². The largest absolute Gasteiger partial charge is 0.416 e. The van der Waals surface area contributed by atoms with Crippen LogP contribution in [0.5, 0.6) is 0 Å². The summed E-state index contributed by atoms with van der Waals surface area (Å²) in [6.07, 6.45) is -9.19. The molecule has 2 amide bonds. The summed E-state index contributed by atoms with van der Waals surface area (Å²) < 4.78 is 79.7. The predicted molar refractivity (Wildman–Crippen MR) is 113 cm³/mol. The fourth-order valence-electron chi connectivity index (χ4n) is 2.84. The number of urea groups is 1. The molecule has 34 heavy (non-hydrogen) atoms. The number of benzene rings is 2. The number of hydrazine groups is 2. The lowest BCUT2D eigenvalue weighted by Crippen LogP contribution is -2.47. The quantitative estimate of drug-likeness (QED) is 0.240. The summed E-state index contributed by atoms with van der Waals surface area (Å²) in [4.78, 5) is 17.4. The molecule has 3 N–H and O–H groups in total. The van der Waals surface area contributed by atoms with Crippen LogP contribution in [0, 0.1) is 0 Å². The molecule has 0 spiro atoms. The van der Waals surface area contributed by atoms with E-state index in [2.05, 4.69) is 10.5 Å². The van der Waals surface area contributed by atoms with Crippen molar-refractivity contribution in [1.82, 2.24) is 10.1 Å². The van der Waals surface area contributed by atoms with Gasteiger partial charge in [0.05, 0.1) is 16.8 Å². The van der Waals surface area contributed by atoms with Gasteiger partial charge >= 0.3 is 18.4 Å². The minimum absolute atomic E-state index is 0.102. The van der Waals surface area contributed by atoms with Crippen LogP contribution >= 0.6 is 0 Å². The van der Waals surface area contributed by atoms with Gasteiger partial charge in [-0.1, -0.05) is 30.3 Å². The minimum Gasteiger partial charge on any atom is -0.391 e. The third-order valence-electron chi connectivity index (χ3n) is 4.73. The molecule has 0 bridgehead atoms. The Balaban J connectivity index is 2.36. The van der Waals surface area contributed by atoms with Crippen molar-refractivity contribution in [3.8, 4) is 0 Å². The molecule has 2 aromatic carbocycles. The van der Waals surface area contributed by atoms with Crippen LogP contribution in [-0.2, 0) is 23.8 Å². The van der Waals surface area contributed by atoms with E-state index in [0.29, 0.717) is 0 Å². The van der Waals surface area contributed by atoms with Crippen LogP contribution in [0.1, 0.15) is 35.6 Å². The maximum absolute atomic E-state index is 13.6. The number of hydrogen-bond donors (Lipinski definition) is 2. The molecule has 0 aliphatic heterocycles. The van der Waals surface area contributed by atoms with E-state index in [1.807, 2.05) is 0 Å². The normalized spacial score (nSPS) is 12.6. The van der Waals surface area contributed by atoms with Gasteiger partial charge in [-0.15, -0.1) is 0 Å². The fraction of sp³-hybridized carbons (Fsp3) is 0.333. The van der Waals surface area contributed by atoms with Gasteiger partial charge in [0, 0.05) is 25.3 Å². The molecular formula is C21H23F6N5O2. The van der Waals surface area contributed by atoms with Gasteiger partial charge in [0.15, 0.2) is 0 Å². The van der Waals surface area contributed by atoms with E-state index < -0.39 is 41.7 Å². The summed E-state index contributed by atoms with van der Waals surface area (Å²) in [5.74, 6) is 5.45. The second-order valence-electron chi connectivity index (χ2n) is 7.10. The van der Waals surface area contributed by atoms with Crippen molar-refractivity contribution in [2.24, 2.45) is 11.0 Å². The number of amides is 2. The number of nitrogens with two attached hydrogens (primary N) is 1. The molecule has 0 unspecified atom stereocenters. The van der Waals surface area contributed by atoms with Gasteiger partial charge in [-0.2, -0.15) is 31.5 Å². The lowest BCUT2D eigenvalue weighted by atomic mass is 10.0. The van der Waals surface area contributed by atoms with Crippen LogP contribution in [0.2, 0.25) is 0 Å². The number of anilines is 1. The SMILES string of the molecule is CCC(=NOCc1c(NC(=O)N(C)N(C)N)cccc1C(F)(F)F)c1cccc(C(F)(F)F)c1. The first-order chi connectivity index (χ1) is 15.8. The molecule has 0 aromatic heterocycles. The maximum Gasteiger partial charge on any atom is 0.416 e. The van der Waals surface area contributed by atoms with Gasteiger partial charge < -0.3 is 10.2 Å². The molecule has 0 radical (unpaired) electrons. The molecule has 2 rings (SSSR count). The van der Waals surface area contributed by atoms with E-state index in [1.165, 1.54) is 32.3 Å². The lowest BCUT2D eigenvalue weighted by molar-refractivity contribution is -0.139. The van der Waals surface area contributed by atoms with Crippen molar-refractivity contribution in [1.29, 1.82) is 0 Å². The average Bonchev–Trinajstić information content (AvgIpc) is 2.75. The molecule has 0 heterocycles. The Bertz CT molecular complexity index is 1040. The third-order valence-corrected chi connectivity index (χ3v) is 4.73. The van der Waals surface area contributed by atoms with Crippen LogP contribution in [0.3, 0.4) is 0 Å². The number of carbonyl (C=O) groups is 1. The zero-order valence-electron chi connectivity index (χ0n) is 18.5. The zero-order valence-corrected chi connectivity index (χ0v) is 18.5. The Morgan fingerprint density at radius 2 is 1.71 bits per heavy atom. The van der Waals surface area contributed by atoms with E-state index in [4.69, 9.17) is 10.7 Å². The highest BCUT2D eigenvalue weighted by atomic mass is 19.4. The number of halogens is 6. The summed E-state index contributed by atoms with van der Waals surface area (Å²) >= 11 is 0. The Morgan fingerprint density at radius 3 is 2.26 bits per heavy atom. The van der Waals surface area contributed by atoms with Crippen LogP contribution in [-0.4, -0.2) is 36.0 Å². The van der Waals surface area contributed by atoms with Gasteiger partial charge in [-0.3, -0.25) is 5.84 Å². The van der Waals surface area contributed by atoms with Crippen molar-refractivity contribution in [3.05, 3.63) is 64.7 Å². The summed E-state index contributed by atoms with van der Waals surface area (Å²) in [7, 11) is 2.65. The van der Waals surface area contributed by atoms with Crippen LogP contribution in [0.4, 0.5) is 36.8 Å². The van der Waals surface area contributed by atoms with Gasteiger partial charge in [0.25, 0.3) is 0 Å². The minimum atomic E-state index is -4.77. The van der Waals surface area contributed by atoms with Gasteiger partial charge in [-0.05, 0) is 36.2 Å². The topological polar surface area (TPSA) is 83.2 Å². The number of alkyl halides is 6. The summed E-state index contributed by atoms with van der Waals surface area (Å²) in [6, 6.07) is 6.69. The number of nitrogens with zero attached hydrogens (tertiary/aromatic N) is 3. The second-order valence-corrected chi connectivity index (χ2v) is 7.10. The first-order valence-electron chi connectivity index (χ1n) is 9.84. The number of carbonyl (C=O) groups excluding carboxylic acids is 1. The molecule has 7 nitrogen and oxygen atoms in total. The van der Waals surface area contributed by atoms with E-state index in [0.717, 1.165) is 34.4 Å². The fourth-order valence-corrected chi connectivity index (χ4v) is 2.84. The maximum atomic E-state index is 13.6. The highest BCUT2D eigenvalue weighted by Gasteiger charge is 2.35. The molecule has 0 saturated carbocycles. The van der Waals surface area contributed by atoms with Gasteiger partial charge in [-0.25, -0.2) is 9.80 Å². The Morgan fingerprint density at radius 1 is 1.06 bits per heavy atom. The second kappa shape index (κ2) is 10.7. The molecule has 2 aromatic rings. The van der Waals surface area contributed by atoms with Crippen molar-refractivity contribution in [2.45, 2.75) is 32.3 Å². The van der Waals surface area contributed by atoms with Gasteiger partial charge in [0.2, 0.25) is 0 Å². The summed E-state index contributed by atoms with van der Waals surface area (Å²) in [6.45, 7) is 0.896. The Kier molecular flexibility index (Phi) is 8.51. The molecule has 186 valence electrons. The zero-order chi connectivity index (χ0) is 25.7. The molecule has 0 atom stereocenters. The number of oxime groups is 1. The third kappa shape index (κ3) is 6.84. The van der Waals surface area contributed by atoms with Crippen molar-refractivity contribution in [3.63, 3.8) is 0 Å². The highest BCUT2D eigenvalue weighted by Crippen LogP contribution is 2.36. The van der Waals surface area contributed by atoms with Gasteiger partial charge in [0.1, 0.15) is 6.61 Å². The van der Waals surface area contributed by atoms with Crippen molar-refractivity contribution < 1.29 is 36.0 Å². The smallest absolute Gasteiger partial charge is 0.391 e. The molecule has 0 saturated heterocycles. The standard InChI is InChI=1S/C21H23F6N5O2/c1-4-17(13-7-5-8-14(11-13)20(22,23)24)30-34-12-15-16(21(25,26)27)9-6-10-18(15)29-19(33)31(2)32(3)28/h5-11H,4,12,28H2,1-3H3,(H,29,33). The number of rotatable bonds is 7. The predicted octanol–water partition coefficient (Wildman–Crippen LogP) is 5.24. The van der Waals surface area contributed by atoms with E-state index in [9.17, 15) is 31.1 Å². The molecule has 0 fully saturated rings. The van der Waals surface area contributed by atoms with Crippen LogP contribution in [0.25, 0.3) is 0 Å². The molecule has 0 aliphatic rings. The number of hydrogen-bond acceptors (Lipinski definition) is 5.